The van der Waals surface area contributed by atoms with Crippen molar-refractivity contribution in [3.8, 4) is 0 Å². The Morgan fingerprint density at radius 3 is 2.61 bits per heavy atom. The maximum Gasteiger partial charge on any atom is 0.137 e. The van der Waals surface area contributed by atoms with Gasteiger partial charge in [-0.3, -0.25) is 19.2 Å². The first-order valence-electron chi connectivity index (χ1n) is 8.15. The lowest BCUT2D eigenvalue weighted by molar-refractivity contribution is 0.123. The second-order valence-corrected chi connectivity index (χ2v) is 6.03. The minimum absolute atomic E-state index is 0.775. The number of rotatable bonds is 7. The van der Waals surface area contributed by atoms with E-state index in [1.54, 1.807) is 12.7 Å². The molecule has 7 heteroatoms. The predicted octanol–water partition coefficient (Wildman–Crippen LogP) is 0.787. The van der Waals surface area contributed by atoms with Gasteiger partial charge in [-0.1, -0.05) is 6.08 Å². The van der Waals surface area contributed by atoms with E-state index in [2.05, 4.69) is 44.7 Å². The van der Waals surface area contributed by atoms with Gasteiger partial charge < -0.3 is 0 Å². The van der Waals surface area contributed by atoms with Crippen molar-refractivity contribution in [3.05, 3.63) is 42.8 Å². The van der Waals surface area contributed by atoms with Gasteiger partial charge in [0.15, 0.2) is 0 Å². The molecule has 3 heterocycles. The molecule has 0 radical (unpaired) electrons. The third kappa shape index (κ3) is 4.27. The Morgan fingerprint density at radius 1 is 1.13 bits per heavy atom. The van der Waals surface area contributed by atoms with Crippen molar-refractivity contribution in [2.75, 3.05) is 32.7 Å². The fourth-order valence-electron chi connectivity index (χ4n) is 2.94. The molecule has 2 aromatic heterocycles. The summed E-state index contributed by atoms with van der Waals surface area (Å²) >= 11 is 0. The molecule has 1 aliphatic heterocycles. The van der Waals surface area contributed by atoms with E-state index in [9.17, 15) is 0 Å². The van der Waals surface area contributed by atoms with Crippen molar-refractivity contribution in [3.63, 3.8) is 0 Å². The van der Waals surface area contributed by atoms with Crippen LogP contribution in [0.3, 0.4) is 0 Å². The summed E-state index contributed by atoms with van der Waals surface area (Å²) in [7, 11) is 0. The molecule has 7 nitrogen and oxygen atoms in total. The highest BCUT2D eigenvalue weighted by atomic mass is 15.3. The van der Waals surface area contributed by atoms with Gasteiger partial charge >= 0.3 is 0 Å². The maximum absolute atomic E-state index is 4.53. The lowest BCUT2D eigenvalue weighted by atomic mass is 10.2. The lowest BCUT2D eigenvalue weighted by Crippen LogP contribution is -2.46. The molecule has 0 amide bonds. The van der Waals surface area contributed by atoms with E-state index < -0.39 is 0 Å². The number of nitrogens with zero attached hydrogens (tertiary/aromatic N) is 7. The number of aromatic nitrogens is 5. The molecule has 0 spiro atoms. The summed E-state index contributed by atoms with van der Waals surface area (Å²) in [6.45, 7) is 14.0. The minimum Gasteiger partial charge on any atom is -0.299 e. The van der Waals surface area contributed by atoms with E-state index in [1.807, 2.05) is 15.4 Å². The third-order valence-corrected chi connectivity index (χ3v) is 4.33. The predicted molar refractivity (Wildman–Crippen MR) is 88.9 cm³/mol. The number of hydrogen-bond donors (Lipinski definition) is 0. The molecule has 0 aliphatic carbocycles. The molecule has 1 fully saturated rings. The second kappa shape index (κ2) is 7.52. The van der Waals surface area contributed by atoms with E-state index in [0.717, 1.165) is 58.1 Å². The van der Waals surface area contributed by atoms with Crippen LogP contribution in [0.2, 0.25) is 0 Å². The highest BCUT2D eigenvalue weighted by molar-refractivity contribution is 5.15. The average Bonchev–Trinajstić information content (AvgIpc) is 3.18. The Morgan fingerprint density at radius 2 is 1.91 bits per heavy atom. The zero-order valence-electron chi connectivity index (χ0n) is 13.8. The standard InChI is InChI=1S/C16H25N7/c1-3-4-22-12-16(15(2)19-22)11-21-7-5-20(6-8-21)9-10-23-14-17-13-18-23/h3,12-14H,1,4-11H2,2H3. The number of hydrogen-bond acceptors (Lipinski definition) is 5. The van der Waals surface area contributed by atoms with E-state index in [0.29, 0.717) is 0 Å². The first-order chi connectivity index (χ1) is 11.2. The van der Waals surface area contributed by atoms with Crippen LogP contribution >= 0.6 is 0 Å². The fraction of sp³-hybridized carbons (Fsp3) is 0.562. The number of piperazine rings is 1. The summed E-state index contributed by atoms with van der Waals surface area (Å²) < 4.78 is 3.86. The van der Waals surface area contributed by atoms with Crippen molar-refractivity contribution >= 4 is 0 Å². The Bertz CT molecular complexity index is 608. The van der Waals surface area contributed by atoms with Crippen LogP contribution in [-0.2, 0) is 19.6 Å². The van der Waals surface area contributed by atoms with Crippen LogP contribution in [0.4, 0.5) is 0 Å². The summed E-state index contributed by atoms with van der Waals surface area (Å²) in [5.41, 5.74) is 2.45. The van der Waals surface area contributed by atoms with Crippen LogP contribution in [0, 0.1) is 6.92 Å². The summed E-state index contributed by atoms with van der Waals surface area (Å²) in [5, 5.41) is 8.68. The largest absolute Gasteiger partial charge is 0.299 e. The summed E-state index contributed by atoms with van der Waals surface area (Å²) in [4.78, 5) is 8.98. The van der Waals surface area contributed by atoms with E-state index in [4.69, 9.17) is 0 Å². The van der Waals surface area contributed by atoms with Crippen molar-refractivity contribution in [1.29, 1.82) is 0 Å². The van der Waals surface area contributed by atoms with E-state index >= 15 is 0 Å². The SMILES string of the molecule is C=CCn1cc(CN2CCN(CCn3cncn3)CC2)c(C)n1. The molecular weight excluding hydrogens is 290 g/mol. The third-order valence-electron chi connectivity index (χ3n) is 4.33. The van der Waals surface area contributed by atoms with Crippen LogP contribution in [0.5, 0.6) is 0 Å². The Kier molecular flexibility index (Phi) is 5.19. The van der Waals surface area contributed by atoms with Gasteiger partial charge in [-0.2, -0.15) is 10.2 Å². The summed E-state index contributed by atoms with van der Waals surface area (Å²) in [6, 6.07) is 0. The zero-order chi connectivity index (χ0) is 16.1. The van der Waals surface area contributed by atoms with Crippen LogP contribution in [0.1, 0.15) is 11.3 Å². The van der Waals surface area contributed by atoms with Crippen molar-refractivity contribution in [2.45, 2.75) is 26.6 Å². The highest BCUT2D eigenvalue weighted by Crippen LogP contribution is 2.12. The summed E-state index contributed by atoms with van der Waals surface area (Å²) in [5.74, 6) is 0. The van der Waals surface area contributed by atoms with Gasteiger partial charge in [0.2, 0.25) is 0 Å². The molecule has 23 heavy (non-hydrogen) atoms. The van der Waals surface area contributed by atoms with Gasteiger partial charge in [0.05, 0.1) is 18.8 Å². The Balaban J connectivity index is 1.44. The molecule has 0 atom stereocenters. The summed E-state index contributed by atoms with van der Waals surface area (Å²) in [6.07, 6.45) is 7.39. The normalized spacial score (nSPS) is 16.7. The zero-order valence-corrected chi connectivity index (χ0v) is 13.8. The first kappa shape index (κ1) is 15.9. The van der Waals surface area contributed by atoms with Gasteiger partial charge in [0.1, 0.15) is 12.7 Å². The number of allylic oxidation sites excluding steroid dienone is 1. The van der Waals surface area contributed by atoms with E-state index in [-0.39, 0.29) is 0 Å². The molecule has 0 saturated carbocycles. The monoisotopic (exact) mass is 315 g/mol. The molecule has 0 unspecified atom stereocenters. The van der Waals surface area contributed by atoms with Crippen LogP contribution in [0.15, 0.2) is 31.5 Å². The molecule has 0 N–H and O–H groups in total. The molecular formula is C16H25N7. The van der Waals surface area contributed by atoms with Gasteiger partial charge in [0.25, 0.3) is 0 Å². The average molecular weight is 315 g/mol. The Labute approximate surface area is 137 Å². The molecule has 1 saturated heterocycles. The fourth-order valence-corrected chi connectivity index (χ4v) is 2.94. The molecule has 0 bridgehead atoms. The smallest absolute Gasteiger partial charge is 0.137 e. The van der Waals surface area contributed by atoms with Crippen molar-refractivity contribution in [2.24, 2.45) is 0 Å². The van der Waals surface area contributed by atoms with Gasteiger partial charge in [-0.15, -0.1) is 6.58 Å². The number of aryl methyl sites for hydroxylation is 1. The van der Waals surface area contributed by atoms with Gasteiger partial charge in [0, 0.05) is 51.0 Å². The Hall–Kier alpha value is -1.99. The maximum atomic E-state index is 4.53. The second-order valence-electron chi connectivity index (χ2n) is 6.03. The quantitative estimate of drug-likeness (QED) is 0.707. The minimum atomic E-state index is 0.775. The van der Waals surface area contributed by atoms with Crippen LogP contribution in [-0.4, -0.2) is 67.1 Å². The van der Waals surface area contributed by atoms with Crippen molar-refractivity contribution in [1.82, 2.24) is 34.3 Å². The van der Waals surface area contributed by atoms with Crippen molar-refractivity contribution < 1.29 is 0 Å². The molecule has 124 valence electrons. The lowest BCUT2D eigenvalue weighted by Gasteiger charge is -2.34. The van der Waals surface area contributed by atoms with Gasteiger partial charge in [-0.25, -0.2) is 4.98 Å². The highest BCUT2D eigenvalue weighted by Gasteiger charge is 2.18. The van der Waals surface area contributed by atoms with E-state index in [1.165, 1.54) is 5.56 Å². The topological polar surface area (TPSA) is 55.0 Å². The molecule has 0 aromatic carbocycles. The van der Waals surface area contributed by atoms with Gasteiger partial charge in [-0.05, 0) is 6.92 Å². The van der Waals surface area contributed by atoms with Crippen LogP contribution in [0.25, 0.3) is 0 Å². The molecule has 1 aliphatic rings. The first-order valence-corrected chi connectivity index (χ1v) is 8.15. The molecule has 3 rings (SSSR count). The molecule has 2 aromatic rings. The van der Waals surface area contributed by atoms with Crippen LogP contribution < -0.4 is 0 Å².